The number of sulfonamides is 1. The molecule has 1 aromatic carbocycles. The zero-order valence-electron chi connectivity index (χ0n) is 11.7. The maximum absolute atomic E-state index is 12.3. The van der Waals surface area contributed by atoms with Gasteiger partial charge >= 0.3 is 0 Å². The Morgan fingerprint density at radius 3 is 2.90 bits per heavy atom. The van der Waals surface area contributed by atoms with Crippen molar-refractivity contribution in [3.8, 4) is 5.75 Å². The quantitative estimate of drug-likeness (QED) is 0.585. The summed E-state index contributed by atoms with van der Waals surface area (Å²) in [5.74, 6) is 0.874. The Hall–Kier alpha value is -1.58. The second-order valence-corrected chi connectivity index (χ2v) is 7.01. The number of aryl methyl sites for hydroxylation is 1. The third-order valence-corrected chi connectivity index (χ3v) is 5.00. The third-order valence-electron chi connectivity index (χ3n) is 2.63. The maximum atomic E-state index is 12.3. The number of nitrogens with zero attached hydrogens (tertiary/aromatic N) is 2. The third kappa shape index (κ3) is 4.19. The van der Waals surface area contributed by atoms with Crippen LogP contribution in [0.25, 0.3) is 0 Å². The van der Waals surface area contributed by atoms with E-state index in [1.54, 1.807) is 18.2 Å². The van der Waals surface area contributed by atoms with E-state index in [0.717, 1.165) is 5.56 Å². The first-order valence-electron chi connectivity index (χ1n) is 6.15. The molecule has 0 saturated carbocycles. The molecule has 0 radical (unpaired) electrons. The monoisotopic (exact) mass is 328 g/mol. The molecule has 0 saturated heterocycles. The summed E-state index contributed by atoms with van der Waals surface area (Å²) >= 11 is 1.39. The molecular weight excluding hydrogens is 312 g/mol. The lowest BCUT2D eigenvalue weighted by molar-refractivity contribution is 0.402. The van der Waals surface area contributed by atoms with Crippen LogP contribution in [0.4, 0.5) is 0 Å². The SMILES string of the molecule is COc1ccc(C)cc1S(=O)(=O)NCCSc1ncn[nH]1. The maximum Gasteiger partial charge on any atom is 0.244 e. The second-order valence-electron chi connectivity index (χ2n) is 4.19. The van der Waals surface area contributed by atoms with E-state index in [9.17, 15) is 8.42 Å². The Morgan fingerprint density at radius 1 is 1.43 bits per heavy atom. The first kappa shape index (κ1) is 15.8. The van der Waals surface area contributed by atoms with Gasteiger partial charge in [0.1, 0.15) is 17.0 Å². The summed E-state index contributed by atoms with van der Waals surface area (Å²) < 4.78 is 32.2. The van der Waals surface area contributed by atoms with Crippen LogP contribution in [0.15, 0.2) is 34.6 Å². The molecule has 2 N–H and O–H groups in total. The molecule has 1 aromatic heterocycles. The van der Waals surface area contributed by atoms with Gasteiger partial charge in [0.2, 0.25) is 10.0 Å². The summed E-state index contributed by atoms with van der Waals surface area (Å²) in [6.07, 6.45) is 1.41. The van der Waals surface area contributed by atoms with Crippen LogP contribution in [-0.4, -0.2) is 43.0 Å². The minimum atomic E-state index is -3.60. The summed E-state index contributed by atoms with van der Waals surface area (Å²) in [5, 5.41) is 7.07. The molecular formula is C12H16N4O3S2. The summed E-state index contributed by atoms with van der Waals surface area (Å²) in [6, 6.07) is 5.04. The van der Waals surface area contributed by atoms with Crippen LogP contribution >= 0.6 is 11.8 Å². The van der Waals surface area contributed by atoms with Gasteiger partial charge in [0.15, 0.2) is 5.16 Å². The topological polar surface area (TPSA) is 97.0 Å². The molecule has 0 bridgehead atoms. The molecule has 21 heavy (non-hydrogen) atoms. The lowest BCUT2D eigenvalue weighted by Crippen LogP contribution is -2.26. The molecule has 2 aromatic rings. The van der Waals surface area contributed by atoms with Crippen LogP contribution < -0.4 is 9.46 Å². The number of nitrogens with one attached hydrogen (secondary N) is 2. The fraction of sp³-hybridized carbons (Fsp3) is 0.333. The van der Waals surface area contributed by atoms with E-state index in [4.69, 9.17) is 4.74 Å². The highest BCUT2D eigenvalue weighted by atomic mass is 32.2. The van der Waals surface area contributed by atoms with Gasteiger partial charge in [-0.2, -0.15) is 5.10 Å². The number of methoxy groups -OCH3 is 1. The fourth-order valence-corrected chi connectivity index (χ4v) is 3.71. The first-order valence-corrected chi connectivity index (χ1v) is 8.62. The molecule has 0 aliphatic rings. The Balaban J connectivity index is 1.99. The Labute approximate surface area is 127 Å². The number of aromatic amines is 1. The van der Waals surface area contributed by atoms with Crippen molar-refractivity contribution < 1.29 is 13.2 Å². The molecule has 0 aliphatic carbocycles. The average Bonchev–Trinajstić information content (AvgIpc) is 2.97. The van der Waals surface area contributed by atoms with E-state index in [2.05, 4.69) is 19.9 Å². The number of thioether (sulfide) groups is 1. The number of aromatic nitrogens is 3. The van der Waals surface area contributed by atoms with Gasteiger partial charge in [-0.25, -0.2) is 18.1 Å². The summed E-state index contributed by atoms with van der Waals surface area (Å²) in [5.41, 5.74) is 0.854. The van der Waals surface area contributed by atoms with Gasteiger partial charge in [0.25, 0.3) is 0 Å². The smallest absolute Gasteiger partial charge is 0.244 e. The standard InChI is InChI=1S/C12H16N4O3S2/c1-9-3-4-10(19-2)11(7-9)21(17,18)15-5-6-20-12-13-8-14-16-12/h3-4,7-8,15H,5-6H2,1-2H3,(H,13,14,16). The first-order chi connectivity index (χ1) is 10.0. The zero-order valence-corrected chi connectivity index (χ0v) is 13.3. The average molecular weight is 328 g/mol. The van der Waals surface area contributed by atoms with Crippen molar-refractivity contribution in [3.05, 3.63) is 30.1 Å². The highest BCUT2D eigenvalue weighted by molar-refractivity contribution is 7.99. The van der Waals surface area contributed by atoms with Crippen LogP contribution in [0.5, 0.6) is 5.75 Å². The predicted octanol–water partition coefficient (Wildman–Crippen LogP) is 1.19. The van der Waals surface area contributed by atoms with E-state index >= 15 is 0 Å². The van der Waals surface area contributed by atoms with Gasteiger partial charge in [-0.3, -0.25) is 5.10 Å². The predicted molar refractivity (Wildman–Crippen MR) is 80.0 cm³/mol. The Morgan fingerprint density at radius 2 is 2.24 bits per heavy atom. The van der Waals surface area contributed by atoms with Gasteiger partial charge in [-0.05, 0) is 24.6 Å². The molecule has 0 amide bonds. The van der Waals surface area contributed by atoms with E-state index in [1.165, 1.54) is 25.2 Å². The number of hydrogen-bond acceptors (Lipinski definition) is 6. The van der Waals surface area contributed by atoms with Crippen molar-refractivity contribution in [3.63, 3.8) is 0 Å². The molecule has 0 atom stereocenters. The Kier molecular flexibility index (Phi) is 5.21. The van der Waals surface area contributed by atoms with Gasteiger partial charge in [-0.15, -0.1) is 0 Å². The van der Waals surface area contributed by atoms with Crippen molar-refractivity contribution >= 4 is 21.8 Å². The lowest BCUT2D eigenvalue weighted by Gasteiger charge is -2.11. The van der Waals surface area contributed by atoms with Crippen LogP contribution in [0.3, 0.4) is 0 Å². The van der Waals surface area contributed by atoms with Crippen LogP contribution in [0.1, 0.15) is 5.56 Å². The van der Waals surface area contributed by atoms with Gasteiger partial charge in [-0.1, -0.05) is 17.8 Å². The van der Waals surface area contributed by atoms with Crippen LogP contribution in [0.2, 0.25) is 0 Å². The van der Waals surface area contributed by atoms with Crippen molar-refractivity contribution in [2.24, 2.45) is 0 Å². The lowest BCUT2D eigenvalue weighted by atomic mass is 10.2. The van der Waals surface area contributed by atoms with E-state index < -0.39 is 10.0 Å². The molecule has 2 rings (SSSR count). The molecule has 7 nitrogen and oxygen atoms in total. The highest BCUT2D eigenvalue weighted by Gasteiger charge is 2.19. The molecule has 0 fully saturated rings. The largest absolute Gasteiger partial charge is 0.495 e. The van der Waals surface area contributed by atoms with Gasteiger partial charge in [0.05, 0.1) is 7.11 Å². The molecule has 0 spiro atoms. The minimum Gasteiger partial charge on any atom is -0.495 e. The molecule has 0 aliphatic heterocycles. The van der Waals surface area contributed by atoms with E-state index in [1.807, 2.05) is 6.92 Å². The number of benzene rings is 1. The number of ether oxygens (including phenoxy) is 1. The minimum absolute atomic E-state index is 0.148. The van der Waals surface area contributed by atoms with E-state index in [0.29, 0.717) is 16.7 Å². The number of hydrogen-bond donors (Lipinski definition) is 2. The normalized spacial score (nSPS) is 11.5. The second kappa shape index (κ2) is 6.92. The molecule has 9 heteroatoms. The van der Waals surface area contributed by atoms with Crippen molar-refractivity contribution in [2.45, 2.75) is 17.0 Å². The van der Waals surface area contributed by atoms with E-state index in [-0.39, 0.29) is 11.4 Å². The molecule has 1 heterocycles. The fourth-order valence-electron chi connectivity index (χ4n) is 1.66. The summed E-state index contributed by atoms with van der Waals surface area (Å²) in [6.45, 7) is 2.11. The van der Waals surface area contributed by atoms with Gasteiger partial charge in [0, 0.05) is 12.3 Å². The van der Waals surface area contributed by atoms with Crippen molar-refractivity contribution in [2.75, 3.05) is 19.4 Å². The Bertz CT molecular complexity index is 687. The summed E-state index contributed by atoms with van der Waals surface area (Å²) in [4.78, 5) is 4.09. The van der Waals surface area contributed by atoms with Crippen molar-refractivity contribution in [1.29, 1.82) is 0 Å². The zero-order chi connectivity index (χ0) is 15.3. The number of rotatable bonds is 7. The molecule has 114 valence electrons. The highest BCUT2D eigenvalue weighted by Crippen LogP contribution is 2.24. The van der Waals surface area contributed by atoms with Crippen LogP contribution in [-0.2, 0) is 10.0 Å². The van der Waals surface area contributed by atoms with Gasteiger partial charge < -0.3 is 4.74 Å². The summed E-state index contributed by atoms with van der Waals surface area (Å²) in [7, 11) is -2.15. The van der Waals surface area contributed by atoms with Crippen molar-refractivity contribution in [1.82, 2.24) is 19.9 Å². The molecule has 0 unspecified atom stereocenters. The number of H-pyrrole nitrogens is 1. The van der Waals surface area contributed by atoms with Crippen LogP contribution in [0, 0.1) is 6.92 Å².